The van der Waals surface area contributed by atoms with Crippen LogP contribution in [-0.4, -0.2) is 34.5 Å². The van der Waals surface area contributed by atoms with Crippen molar-refractivity contribution in [2.45, 2.75) is 57.3 Å². The van der Waals surface area contributed by atoms with Gasteiger partial charge in [0.1, 0.15) is 0 Å². The maximum absolute atomic E-state index is 2.67. The van der Waals surface area contributed by atoms with E-state index in [1.54, 1.807) is 8.12 Å². The molecule has 0 nitrogen and oxygen atoms in total. The zero-order valence-corrected chi connectivity index (χ0v) is 15.8. The van der Waals surface area contributed by atoms with Crippen LogP contribution < -0.4 is 0 Å². The number of hydrogen-bond donors (Lipinski definition) is 0. The van der Waals surface area contributed by atoms with Crippen molar-refractivity contribution in [3.05, 3.63) is 0 Å². The molecule has 0 unspecified atom stereocenters. The molecule has 0 aromatic heterocycles. The van der Waals surface area contributed by atoms with Crippen molar-refractivity contribution in [3.63, 3.8) is 0 Å². The van der Waals surface area contributed by atoms with Crippen LogP contribution in [0.3, 0.4) is 0 Å². The Morgan fingerprint density at radius 3 is 1.08 bits per heavy atom. The zero-order chi connectivity index (χ0) is 10.9. The van der Waals surface area contributed by atoms with Crippen LogP contribution in [0.1, 0.15) is 0 Å². The predicted molar refractivity (Wildman–Crippen MR) is 73.8 cm³/mol. The standard InChI is InChI=1S/2C4H11Si.2CH3.Sn/c2*1-5(2,3)4;;;/h2*1H2,2-4H3;2*1H3;. The van der Waals surface area contributed by atoms with Gasteiger partial charge in [-0.15, -0.1) is 0 Å². The monoisotopic (exact) mass is 324 g/mol. The molecule has 0 radical (unpaired) electrons. The summed E-state index contributed by atoms with van der Waals surface area (Å²) in [5.41, 5.74) is 0. The van der Waals surface area contributed by atoms with Crippen LogP contribution in [-0.2, 0) is 0 Å². The van der Waals surface area contributed by atoms with Gasteiger partial charge in [0, 0.05) is 0 Å². The van der Waals surface area contributed by atoms with Crippen molar-refractivity contribution in [3.8, 4) is 0 Å². The Bertz CT molecular complexity index is 145. The third-order valence-corrected chi connectivity index (χ3v) is 40.6. The molecule has 0 bridgehead atoms. The minimum atomic E-state index is -1.59. The average Bonchev–Trinajstić information content (AvgIpc) is 1.43. The van der Waals surface area contributed by atoms with Crippen molar-refractivity contribution >= 4 is 34.5 Å². The van der Waals surface area contributed by atoms with Crippen LogP contribution in [0.15, 0.2) is 0 Å². The molecular formula is C10H28Si2Sn. The Morgan fingerprint density at radius 1 is 0.692 bits per heavy atom. The third-order valence-electron chi connectivity index (χ3n) is 2.02. The van der Waals surface area contributed by atoms with Crippen LogP contribution in [0.4, 0.5) is 0 Å². The minimum absolute atomic E-state index is 0.777. The Hall–Kier alpha value is 1.23. The molecule has 13 heavy (non-hydrogen) atoms. The second kappa shape index (κ2) is 4.39. The van der Waals surface area contributed by atoms with Crippen LogP contribution in [0.25, 0.3) is 0 Å². The predicted octanol–water partition coefficient (Wildman–Crippen LogP) is 4.45. The molecular weight excluding hydrogens is 295 g/mol. The summed E-state index contributed by atoms with van der Waals surface area (Å²) in [6, 6.07) is 0. The Morgan fingerprint density at radius 2 is 0.923 bits per heavy atom. The van der Waals surface area contributed by atoms with E-state index in [1.807, 2.05) is 0 Å². The summed E-state index contributed by atoms with van der Waals surface area (Å²) >= 11 is -1.59. The van der Waals surface area contributed by atoms with Crippen LogP contribution in [0.2, 0.25) is 57.3 Å². The maximum atomic E-state index is 2.67. The second-order valence-corrected chi connectivity index (χ2v) is 37.0. The molecule has 0 aromatic rings. The average molecular weight is 323 g/mol. The first-order chi connectivity index (χ1) is 5.41. The molecule has 0 aliphatic heterocycles. The second-order valence-electron chi connectivity index (χ2n) is 7.64. The molecule has 0 saturated heterocycles. The van der Waals surface area contributed by atoms with Crippen LogP contribution in [0, 0.1) is 0 Å². The normalized spacial score (nSPS) is 14.8. The van der Waals surface area contributed by atoms with Gasteiger partial charge in [0.25, 0.3) is 0 Å². The number of hydrogen-bond acceptors (Lipinski definition) is 0. The van der Waals surface area contributed by atoms with Crippen molar-refractivity contribution < 1.29 is 0 Å². The van der Waals surface area contributed by atoms with Gasteiger partial charge in [-0.3, -0.25) is 0 Å². The fourth-order valence-corrected chi connectivity index (χ4v) is 61.6. The van der Waals surface area contributed by atoms with Crippen LogP contribution >= 0.6 is 0 Å². The van der Waals surface area contributed by atoms with Gasteiger partial charge in [-0.05, 0) is 0 Å². The van der Waals surface area contributed by atoms with E-state index < -0.39 is 34.5 Å². The van der Waals surface area contributed by atoms with Gasteiger partial charge < -0.3 is 0 Å². The van der Waals surface area contributed by atoms with Gasteiger partial charge in [0.05, 0.1) is 0 Å². The molecule has 0 N–H and O–H groups in total. The van der Waals surface area contributed by atoms with Crippen molar-refractivity contribution in [2.24, 2.45) is 0 Å². The Balaban J connectivity index is 4.25. The van der Waals surface area contributed by atoms with E-state index in [2.05, 4.69) is 49.2 Å². The Labute approximate surface area is 91.4 Å². The van der Waals surface area contributed by atoms with E-state index in [4.69, 9.17) is 0 Å². The van der Waals surface area contributed by atoms with Crippen molar-refractivity contribution in [2.75, 3.05) is 0 Å². The molecule has 80 valence electrons. The third kappa shape index (κ3) is 9.53. The van der Waals surface area contributed by atoms with E-state index in [1.165, 1.54) is 0 Å². The van der Waals surface area contributed by atoms with Gasteiger partial charge in [0.2, 0.25) is 0 Å². The molecule has 0 aliphatic rings. The van der Waals surface area contributed by atoms with Crippen molar-refractivity contribution in [1.82, 2.24) is 0 Å². The fourth-order valence-electron chi connectivity index (χ4n) is 2.93. The molecule has 0 heterocycles. The zero-order valence-electron chi connectivity index (χ0n) is 10.9. The van der Waals surface area contributed by atoms with E-state index in [-0.39, 0.29) is 0 Å². The molecule has 0 saturated carbocycles. The molecule has 0 aromatic carbocycles. The molecule has 3 heteroatoms. The quantitative estimate of drug-likeness (QED) is 0.671. The molecule has 0 spiro atoms. The summed E-state index contributed by atoms with van der Waals surface area (Å²) in [5, 5.41) is 0. The van der Waals surface area contributed by atoms with Crippen molar-refractivity contribution in [1.29, 1.82) is 0 Å². The fraction of sp³-hybridized carbons (Fsp3) is 1.00. The van der Waals surface area contributed by atoms with Crippen LogP contribution in [0.5, 0.6) is 0 Å². The summed E-state index contributed by atoms with van der Waals surface area (Å²) in [7, 11) is -1.55. The van der Waals surface area contributed by atoms with Gasteiger partial charge >= 0.3 is 91.8 Å². The summed E-state index contributed by atoms with van der Waals surface area (Å²) in [5.74, 6) is 0. The first-order valence-electron chi connectivity index (χ1n) is 5.41. The molecule has 0 fully saturated rings. The summed E-state index contributed by atoms with van der Waals surface area (Å²) in [6.45, 7) is 15.2. The summed E-state index contributed by atoms with van der Waals surface area (Å²) in [6.07, 6.45) is 0. The molecule has 0 atom stereocenters. The van der Waals surface area contributed by atoms with E-state index >= 15 is 0 Å². The first kappa shape index (κ1) is 14.2. The molecule has 0 amide bonds. The van der Waals surface area contributed by atoms with Gasteiger partial charge in [0.15, 0.2) is 0 Å². The topological polar surface area (TPSA) is 0 Å². The van der Waals surface area contributed by atoms with Gasteiger partial charge in [-0.2, -0.15) is 0 Å². The van der Waals surface area contributed by atoms with Gasteiger partial charge in [-0.25, -0.2) is 0 Å². The van der Waals surface area contributed by atoms with E-state index in [0.717, 1.165) is 0 Å². The van der Waals surface area contributed by atoms with E-state index in [9.17, 15) is 0 Å². The Kier molecular flexibility index (Phi) is 4.81. The SMILES string of the molecule is C[Si](C)(C)[CH2][Sn]([CH3])([CH3])[CH2][Si](C)(C)C. The van der Waals surface area contributed by atoms with E-state index in [0.29, 0.717) is 0 Å². The van der Waals surface area contributed by atoms with Gasteiger partial charge in [-0.1, -0.05) is 0 Å². The summed E-state index contributed by atoms with van der Waals surface area (Å²) < 4.78 is 3.37. The summed E-state index contributed by atoms with van der Waals surface area (Å²) in [4.78, 5) is 5.34. The first-order valence-corrected chi connectivity index (χ1v) is 22.6. The number of rotatable bonds is 4. The molecule has 0 aliphatic carbocycles. The molecule has 0 rings (SSSR count).